The summed E-state index contributed by atoms with van der Waals surface area (Å²) in [7, 11) is 0. The monoisotopic (exact) mass is 187 g/mol. The molecule has 0 spiro atoms. The number of aliphatic hydroxyl groups is 1. The third-order valence-electron chi connectivity index (χ3n) is 1.60. The van der Waals surface area contributed by atoms with E-state index >= 15 is 0 Å². The standard InChI is InChI=1S/C8H10ClNO2/c9-8-5(6(10)4-11)2-1-3-7(8)12/h1-3,6,11-12H,4,10H2/t6-/m0/s1. The average Bonchev–Trinajstić information content (AvgIpc) is 2.08. The number of aliphatic hydroxyl groups excluding tert-OH is 1. The Balaban J connectivity index is 3.07. The smallest absolute Gasteiger partial charge is 0.134 e. The molecule has 0 saturated carbocycles. The Kier molecular flexibility index (Phi) is 2.92. The van der Waals surface area contributed by atoms with Crippen LogP contribution in [0.2, 0.25) is 5.02 Å². The first-order chi connectivity index (χ1) is 5.66. The van der Waals surface area contributed by atoms with Gasteiger partial charge in [-0.3, -0.25) is 0 Å². The maximum atomic E-state index is 9.18. The second-order valence-corrected chi connectivity index (χ2v) is 2.85. The number of benzene rings is 1. The van der Waals surface area contributed by atoms with Gasteiger partial charge in [0.15, 0.2) is 0 Å². The van der Waals surface area contributed by atoms with Gasteiger partial charge in [-0.2, -0.15) is 0 Å². The van der Waals surface area contributed by atoms with Crippen LogP contribution in [0.25, 0.3) is 0 Å². The van der Waals surface area contributed by atoms with Gasteiger partial charge in [0, 0.05) is 0 Å². The molecule has 0 aliphatic rings. The van der Waals surface area contributed by atoms with Crippen molar-refractivity contribution in [2.45, 2.75) is 6.04 Å². The van der Waals surface area contributed by atoms with E-state index in [0.717, 1.165) is 0 Å². The maximum absolute atomic E-state index is 9.18. The van der Waals surface area contributed by atoms with Gasteiger partial charge in [0.05, 0.1) is 17.7 Å². The van der Waals surface area contributed by atoms with Crippen molar-refractivity contribution >= 4 is 11.6 Å². The Bertz CT molecular complexity index is 278. The molecule has 0 radical (unpaired) electrons. The van der Waals surface area contributed by atoms with Crippen LogP contribution in [0.4, 0.5) is 0 Å². The molecular formula is C8H10ClNO2. The van der Waals surface area contributed by atoms with E-state index in [0.29, 0.717) is 5.56 Å². The van der Waals surface area contributed by atoms with Gasteiger partial charge in [0.25, 0.3) is 0 Å². The van der Waals surface area contributed by atoms with Crippen molar-refractivity contribution in [1.82, 2.24) is 0 Å². The number of phenols is 1. The Morgan fingerprint density at radius 2 is 2.17 bits per heavy atom. The molecule has 0 bridgehead atoms. The number of hydrogen-bond acceptors (Lipinski definition) is 3. The van der Waals surface area contributed by atoms with Gasteiger partial charge in [-0.25, -0.2) is 0 Å². The summed E-state index contributed by atoms with van der Waals surface area (Å²) in [6, 6.07) is 4.23. The summed E-state index contributed by atoms with van der Waals surface area (Å²) in [5, 5.41) is 18.1. The molecule has 4 N–H and O–H groups in total. The molecule has 1 aromatic rings. The van der Waals surface area contributed by atoms with E-state index in [1.54, 1.807) is 12.1 Å². The number of aromatic hydroxyl groups is 1. The predicted octanol–water partition coefficient (Wildman–Crippen LogP) is 1.04. The van der Waals surface area contributed by atoms with Crippen molar-refractivity contribution in [1.29, 1.82) is 0 Å². The highest BCUT2D eigenvalue weighted by molar-refractivity contribution is 6.32. The van der Waals surface area contributed by atoms with Gasteiger partial charge in [-0.05, 0) is 11.6 Å². The maximum Gasteiger partial charge on any atom is 0.134 e. The first-order valence-corrected chi connectivity index (χ1v) is 3.88. The zero-order valence-electron chi connectivity index (χ0n) is 6.37. The van der Waals surface area contributed by atoms with Gasteiger partial charge < -0.3 is 15.9 Å². The minimum absolute atomic E-state index is 0.0157. The third-order valence-corrected chi connectivity index (χ3v) is 2.02. The number of hydrogen-bond donors (Lipinski definition) is 3. The van der Waals surface area contributed by atoms with Crippen LogP contribution in [0.5, 0.6) is 5.75 Å². The largest absolute Gasteiger partial charge is 0.506 e. The number of nitrogens with two attached hydrogens (primary N) is 1. The molecule has 0 unspecified atom stereocenters. The van der Waals surface area contributed by atoms with Gasteiger partial charge >= 0.3 is 0 Å². The van der Waals surface area contributed by atoms with Crippen LogP contribution in [0.15, 0.2) is 18.2 Å². The third kappa shape index (κ3) is 1.69. The lowest BCUT2D eigenvalue weighted by Gasteiger charge is -2.10. The lowest BCUT2D eigenvalue weighted by Crippen LogP contribution is -2.14. The van der Waals surface area contributed by atoms with Crippen LogP contribution in [0.3, 0.4) is 0 Å². The molecule has 0 aliphatic carbocycles. The molecule has 0 fully saturated rings. The molecule has 66 valence electrons. The van der Waals surface area contributed by atoms with Crippen molar-refractivity contribution in [3.05, 3.63) is 28.8 Å². The normalized spacial score (nSPS) is 12.9. The van der Waals surface area contributed by atoms with Crippen LogP contribution in [-0.2, 0) is 0 Å². The fraction of sp³-hybridized carbons (Fsp3) is 0.250. The van der Waals surface area contributed by atoms with E-state index in [1.165, 1.54) is 6.07 Å². The summed E-state index contributed by atoms with van der Waals surface area (Å²) in [4.78, 5) is 0. The quantitative estimate of drug-likeness (QED) is 0.648. The topological polar surface area (TPSA) is 66.5 Å². The minimum Gasteiger partial charge on any atom is -0.506 e. The summed E-state index contributed by atoms with van der Waals surface area (Å²) in [5.41, 5.74) is 6.07. The molecule has 4 heteroatoms. The first-order valence-electron chi connectivity index (χ1n) is 3.50. The minimum atomic E-state index is -0.537. The fourth-order valence-electron chi connectivity index (χ4n) is 0.922. The molecule has 1 aromatic carbocycles. The molecule has 0 aromatic heterocycles. The van der Waals surface area contributed by atoms with Crippen LogP contribution in [0.1, 0.15) is 11.6 Å². The van der Waals surface area contributed by atoms with E-state index in [2.05, 4.69) is 0 Å². The summed E-state index contributed by atoms with van der Waals surface area (Å²) in [5.74, 6) is -0.0157. The molecule has 12 heavy (non-hydrogen) atoms. The fourth-order valence-corrected chi connectivity index (χ4v) is 1.19. The van der Waals surface area contributed by atoms with E-state index in [4.69, 9.17) is 22.4 Å². The molecule has 0 amide bonds. The summed E-state index contributed by atoms with van der Waals surface area (Å²) >= 11 is 5.73. The van der Waals surface area contributed by atoms with Gasteiger partial charge in [-0.15, -0.1) is 0 Å². The average molecular weight is 188 g/mol. The molecule has 0 aliphatic heterocycles. The van der Waals surface area contributed by atoms with Crippen LogP contribution < -0.4 is 5.73 Å². The highest BCUT2D eigenvalue weighted by Gasteiger charge is 2.10. The lowest BCUT2D eigenvalue weighted by molar-refractivity contribution is 0.268. The van der Waals surface area contributed by atoms with Gasteiger partial charge in [0.2, 0.25) is 0 Å². The lowest BCUT2D eigenvalue weighted by atomic mass is 10.1. The van der Waals surface area contributed by atoms with E-state index in [9.17, 15) is 5.11 Å². The Hall–Kier alpha value is -0.770. The van der Waals surface area contributed by atoms with E-state index in [1.807, 2.05) is 0 Å². The zero-order chi connectivity index (χ0) is 9.14. The predicted molar refractivity (Wildman–Crippen MR) is 47.1 cm³/mol. The second-order valence-electron chi connectivity index (χ2n) is 2.47. The van der Waals surface area contributed by atoms with Crippen LogP contribution in [-0.4, -0.2) is 16.8 Å². The highest BCUT2D eigenvalue weighted by Crippen LogP contribution is 2.29. The Morgan fingerprint density at radius 3 is 2.75 bits per heavy atom. The summed E-state index contributed by atoms with van der Waals surface area (Å²) < 4.78 is 0. The van der Waals surface area contributed by atoms with Crippen molar-refractivity contribution in [3.8, 4) is 5.75 Å². The van der Waals surface area contributed by atoms with Crippen molar-refractivity contribution < 1.29 is 10.2 Å². The number of halogens is 1. The van der Waals surface area contributed by atoms with E-state index in [-0.39, 0.29) is 17.4 Å². The molecule has 3 nitrogen and oxygen atoms in total. The Labute approximate surface area is 75.4 Å². The molecular weight excluding hydrogens is 178 g/mol. The Morgan fingerprint density at radius 1 is 1.50 bits per heavy atom. The number of phenolic OH excluding ortho intramolecular Hbond substituents is 1. The van der Waals surface area contributed by atoms with Crippen LogP contribution >= 0.6 is 11.6 Å². The SMILES string of the molecule is N[C@@H](CO)c1cccc(O)c1Cl. The first kappa shape index (κ1) is 9.32. The van der Waals surface area contributed by atoms with Crippen molar-refractivity contribution in [2.75, 3.05) is 6.61 Å². The van der Waals surface area contributed by atoms with E-state index < -0.39 is 6.04 Å². The molecule has 1 rings (SSSR count). The molecule has 1 atom stereocenters. The zero-order valence-corrected chi connectivity index (χ0v) is 7.12. The van der Waals surface area contributed by atoms with Gasteiger partial charge in [-0.1, -0.05) is 23.7 Å². The van der Waals surface area contributed by atoms with Crippen molar-refractivity contribution in [2.24, 2.45) is 5.73 Å². The van der Waals surface area contributed by atoms with Gasteiger partial charge in [0.1, 0.15) is 5.75 Å². The summed E-state index contributed by atoms with van der Waals surface area (Å²) in [6.07, 6.45) is 0. The van der Waals surface area contributed by atoms with Crippen LogP contribution in [0, 0.1) is 0 Å². The highest BCUT2D eigenvalue weighted by atomic mass is 35.5. The summed E-state index contributed by atoms with van der Waals surface area (Å²) in [6.45, 7) is -0.191. The number of rotatable bonds is 2. The second kappa shape index (κ2) is 3.76. The van der Waals surface area contributed by atoms with Crippen molar-refractivity contribution in [3.63, 3.8) is 0 Å². The molecule has 0 heterocycles. The molecule has 0 saturated heterocycles.